The van der Waals surface area contributed by atoms with Crippen molar-refractivity contribution in [1.29, 1.82) is 0 Å². The Morgan fingerprint density at radius 1 is 1.38 bits per heavy atom. The maximum Gasteiger partial charge on any atom is 0.140 e. The van der Waals surface area contributed by atoms with Gasteiger partial charge in [-0.05, 0) is 25.1 Å². The van der Waals surface area contributed by atoms with Crippen molar-refractivity contribution in [3.05, 3.63) is 45.7 Å². The Balaban J connectivity index is 2.12. The average molecular weight is 308 g/mol. The van der Waals surface area contributed by atoms with Crippen molar-refractivity contribution in [2.45, 2.75) is 45.8 Å². The van der Waals surface area contributed by atoms with Gasteiger partial charge in [0, 0.05) is 22.4 Å². The van der Waals surface area contributed by atoms with E-state index in [1.807, 2.05) is 6.92 Å². The van der Waals surface area contributed by atoms with E-state index in [2.05, 4.69) is 31.1 Å². The smallest absolute Gasteiger partial charge is 0.140 e. The quantitative estimate of drug-likeness (QED) is 0.922. The predicted molar refractivity (Wildman–Crippen MR) is 84.1 cm³/mol. The Hall–Kier alpha value is -1.46. The monoisotopic (exact) mass is 308 g/mol. The molecule has 1 aromatic carbocycles. The lowest BCUT2D eigenvalue weighted by Crippen LogP contribution is -2.12. The van der Waals surface area contributed by atoms with Crippen LogP contribution < -0.4 is 10.5 Å². The summed E-state index contributed by atoms with van der Waals surface area (Å²) >= 11 is 1.57. The van der Waals surface area contributed by atoms with Crippen LogP contribution in [0.15, 0.2) is 23.6 Å². The zero-order valence-electron chi connectivity index (χ0n) is 12.8. The fraction of sp³-hybridized carbons (Fsp3) is 0.438. The van der Waals surface area contributed by atoms with Gasteiger partial charge in [0.05, 0.1) is 5.69 Å². The second-order valence-electron chi connectivity index (χ2n) is 6.14. The minimum atomic E-state index is -0.307. The lowest BCUT2D eigenvalue weighted by molar-refractivity contribution is 0.299. The van der Waals surface area contributed by atoms with E-state index in [9.17, 15) is 4.39 Å². The summed E-state index contributed by atoms with van der Waals surface area (Å²) in [5.41, 5.74) is 7.61. The second-order valence-corrected chi connectivity index (χ2v) is 7.08. The molecule has 2 N–H and O–H groups in total. The lowest BCUT2D eigenvalue weighted by atomic mass is 9.93. The first kappa shape index (κ1) is 15.9. The second kappa shape index (κ2) is 6.12. The van der Waals surface area contributed by atoms with Crippen molar-refractivity contribution in [3.63, 3.8) is 0 Å². The number of ether oxygens (including phenoxy) is 1. The number of nitrogens with zero attached hydrogens (tertiary/aromatic N) is 1. The number of benzene rings is 1. The molecule has 0 saturated heterocycles. The highest BCUT2D eigenvalue weighted by Crippen LogP contribution is 2.27. The van der Waals surface area contributed by atoms with E-state index in [1.165, 1.54) is 12.1 Å². The fourth-order valence-corrected chi connectivity index (χ4v) is 2.80. The van der Waals surface area contributed by atoms with Gasteiger partial charge in [-0.2, -0.15) is 0 Å². The Bertz CT molecular complexity index is 617. The van der Waals surface area contributed by atoms with Gasteiger partial charge in [-0.15, -0.1) is 11.3 Å². The van der Waals surface area contributed by atoms with Crippen LogP contribution in [0.3, 0.4) is 0 Å². The number of hydrogen-bond donors (Lipinski definition) is 1. The molecule has 5 heteroatoms. The molecule has 0 aliphatic rings. The largest absolute Gasteiger partial charge is 0.486 e. The van der Waals surface area contributed by atoms with Crippen molar-refractivity contribution in [1.82, 2.24) is 4.98 Å². The van der Waals surface area contributed by atoms with E-state index in [-0.39, 0.29) is 17.3 Å². The van der Waals surface area contributed by atoms with Crippen LogP contribution in [-0.2, 0) is 12.0 Å². The Morgan fingerprint density at radius 3 is 2.67 bits per heavy atom. The molecule has 0 radical (unpaired) electrons. The van der Waals surface area contributed by atoms with Gasteiger partial charge >= 0.3 is 0 Å². The number of thiazole rings is 1. The molecule has 1 aromatic heterocycles. The van der Waals surface area contributed by atoms with Gasteiger partial charge in [-0.25, -0.2) is 9.37 Å². The van der Waals surface area contributed by atoms with Crippen LogP contribution in [0.4, 0.5) is 4.39 Å². The van der Waals surface area contributed by atoms with Crippen molar-refractivity contribution in [3.8, 4) is 5.75 Å². The first-order chi connectivity index (χ1) is 9.77. The Labute approximate surface area is 129 Å². The van der Waals surface area contributed by atoms with Crippen LogP contribution in [0.2, 0.25) is 0 Å². The topological polar surface area (TPSA) is 48.1 Å². The molecule has 2 rings (SSSR count). The lowest BCUT2D eigenvalue weighted by Gasteiger charge is -2.15. The SMILES string of the molecule is C[C@H](N)c1cc(F)ccc1OCc1nc(C(C)(C)C)cs1. The van der Waals surface area contributed by atoms with E-state index < -0.39 is 0 Å². The predicted octanol–water partition coefficient (Wildman–Crippen LogP) is 4.18. The molecule has 0 spiro atoms. The third-order valence-electron chi connectivity index (χ3n) is 3.13. The fourth-order valence-electron chi connectivity index (χ4n) is 1.87. The van der Waals surface area contributed by atoms with E-state index in [4.69, 9.17) is 10.5 Å². The molecular formula is C16H21FN2OS. The molecule has 21 heavy (non-hydrogen) atoms. The molecule has 0 aliphatic carbocycles. The molecular weight excluding hydrogens is 287 g/mol. The number of aromatic nitrogens is 1. The van der Waals surface area contributed by atoms with E-state index in [1.54, 1.807) is 17.4 Å². The molecule has 0 aliphatic heterocycles. The molecule has 1 heterocycles. The van der Waals surface area contributed by atoms with Gasteiger partial charge < -0.3 is 10.5 Å². The van der Waals surface area contributed by atoms with Gasteiger partial charge in [0.1, 0.15) is 23.2 Å². The van der Waals surface area contributed by atoms with Gasteiger partial charge in [0.2, 0.25) is 0 Å². The number of hydrogen-bond acceptors (Lipinski definition) is 4. The standard InChI is InChI=1S/C16H21FN2OS/c1-10(18)12-7-11(17)5-6-13(12)20-8-15-19-14(9-21-15)16(2,3)4/h5-7,9-10H,8,18H2,1-4H3/t10-/m0/s1. The molecule has 3 nitrogen and oxygen atoms in total. The summed E-state index contributed by atoms with van der Waals surface area (Å²) in [6.07, 6.45) is 0. The van der Waals surface area contributed by atoms with Crippen LogP contribution in [0.25, 0.3) is 0 Å². The highest BCUT2D eigenvalue weighted by atomic mass is 32.1. The summed E-state index contributed by atoms with van der Waals surface area (Å²) in [6.45, 7) is 8.55. The van der Waals surface area contributed by atoms with Crippen molar-refractivity contribution >= 4 is 11.3 Å². The minimum Gasteiger partial charge on any atom is -0.486 e. The van der Waals surface area contributed by atoms with Crippen LogP contribution in [-0.4, -0.2) is 4.98 Å². The highest BCUT2D eigenvalue weighted by Gasteiger charge is 2.18. The van der Waals surface area contributed by atoms with Crippen LogP contribution in [0, 0.1) is 5.82 Å². The van der Waals surface area contributed by atoms with E-state index in [0.29, 0.717) is 17.9 Å². The zero-order valence-corrected chi connectivity index (χ0v) is 13.6. The molecule has 0 amide bonds. The van der Waals surface area contributed by atoms with Crippen LogP contribution >= 0.6 is 11.3 Å². The molecule has 1 atom stereocenters. The highest BCUT2D eigenvalue weighted by molar-refractivity contribution is 7.09. The van der Waals surface area contributed by atoms with Gasteiger partial charge in [0.25, 0.3) is 0 Å². The number of nitrogens with two attached hydrogens (primary N) is 1. The van der Waals surface area contributed by atoms with Gasteiger partial charge in [0.15, 0.2) is 0 Å². The van der Waals surface area contributed by atoms with Gasteiger partial charge in [-0.1, -0.05) is 20.8 Å². The summed E-state index contributed by atoms with van der Waals surface area (Å²) < 4.78 is 19.1. The van der Waals surface area contributed by atoms with Crippen molar-refractivity contribution in [2.75, 3.05) is 0 Å². The number of halogens is 1. The average Bonchev–Trinajstić information content (AvgIpc) is 2.85. The molecule has 0 saturated carbocycles. The molecule has 0 fully saturated rings. The Morgan fingerprint density at radius 2 is 2.10 bits per heavy atom. The molecule has 0 unspecified atom stereocenters. The Kier molecular flexibility index (Phi) is 4.64. The first-order valence-electron chi connectivity index (χ1n) is 6.90. The maximum atomic E-state index is 13.3. The zero-order chi connectivity index (χ0) is 15.6. The third kappa shape index (κ3) is 4.02. The molecule has 2 aromatic rings. The van der Waals surface area contributed by atoms with Gasteiger partial charge in [-0.3, -0.25) is 0 Å². The normalized spacial score (nSPS) is 13.2. The summed E-state index contributed by atoms with van der Waals surface area (Å²) in [4.78, 5) is 4.58. The first-order valence-corrected chi connectivity index (χ1v) is 7.78. The minimum absolute atomic E-state index is 0.0293. The summed E-state index contributed by atoms with van der Waals surface area (Å²) in [7, 11) is 0. The summed E-state index contributed by atoms with van der Waals surface area (Å²) in [6, 6.07) is 4.13. The van der Waals surface area contributed by atoms with Crippen LogP contribution in [0.1, 0.15) is 50.0 Å². The summed E-state index contributed by atoms with van der Waals surface area (Å²) in [5.74, 6) is 0.304. The van der Waals surface area contributed by atoms with E-state index in [0.717, 1.165) is 10.7 Å². The van der Waals surface area contributed by atoms with Crippen LogP contribution in [0.5, 0.6) is 5.75 Å². The van der Waals surface area contributed by atoms with Crippen molar-refractivity contribution in [2.24, 2.45) is 5.73 Å². The maximum absolute atomic E-state index is 13.3. The number of rotatable bonds is 4. The molecule has 114 valence electrons. The third-order valence-corrected chi connectivity index (χ3v) is 3.96. The van der Waals surface area contributed by atoms with E-state index >= 15 is 0 Å². The molecule has 0 bridgehead atoms. The summed E-state index contributed by atoms with van der Waals surface area (Å²) in [5, 5.41) is 2.95. The van der Waals surface area contributed by atoms with Crippen molar-refractivity contribution < 1.29 is 9.13 Å².